The number of carbonyl (C=O) groups is 1. The number of halogens is 1. The highest BCUT2D eigenvalue weighted by Gasteiger charge is 2.20. The van der Waals surface area contributed by atoms with E-state index in [1.54, 1.807) is 12.3 Å². The lowest BCUT2D eigenvalue weighted by atomic mass is 9.85. The van der Waals surface area contributed by atoms with Crippen molar-refractivity contribution in [1.29, 1.82) is 0 Å². The summed E-state index contributed by atoms with van der Waals surface area (Å²) in [6, 6.07) is 19.5. The number of fused-ring (bicyclic) bond motifs is 1. The number of carbonyl (C=O) groups excluding carboxylic acids is 1. The third kappa shape index (κ3) is 7.11. The topological polar surface area (TPSA) is 78.3 Å². The largest absolute Gasteiger partial charge is 0.467 e. The van der Waals surface area contributed by atoms with Gasteiger partial charge in [-0.1, -0.05) is 61.8 Å². The molecule has 2 aromatic heterocycles. The monoisotopic (exact) mass is 534 g/mol. The summed E-state index contributed by atoms with van der Waals surface area (Å²) in [7, 11) is 0. The van der Waals surface area contributed by atoms with Crippen LogP contribution in [0.5, 0.6) is 5.75 Å². The molecule has 0 radical (unpaired) electrons. The Morgan fingerprint density at radius 1 is 1.05 bits per heavy atom. The molecule has 0 aliphatic rings. The second-order valence-corrected chi connectivity index (χ2v) is 10.3. The maximum atomic E-state index is 13.0. The van der Waals surface area contributed by atoms with Crippen LogP contribution in [-0.2, 0) is 22.6 Å². The predicted molar refractivity (Wildman–Crippen MR) is 150 cm³/mol. The van der Waals surface area contributed by atoms with Crippen LogP contribution in [-0.4, -0.2) is 33.3 Å². The minimum Gasteiger partial charge on any atom is -0.467 e. The molecule has 38 heavy (non-hydrogen) atoms. The lowest BCUT2D eigenvalue weighted by Crippen LogP contribution is -2.27. The van der Waals surface area contributed by atoms with E-state index >= 15 is 0 Å². The molecule has 0 aliphatic heterocycles. The summed E-state index contributed by atoms with van der Waals surface area (Å²) in [5.41, 5.74) is 3.57. The molecule has 1 unspecified atom stereocenters. The first-order valence-electron chi connectivity index (χ1n) is 13.0. The molecule has 1 amide bonds. The average molecular weight is 535 g/mol. The molecule has 4 rings (SSSR count). The Labute approximate surface area is 229 Å². The molecule has 4 aromatic rings. The molecule has 0 spiro atoms. The number of nitrogens with zero attached hydrogens (tertiary/aromatic N) is 3. The van der Waals surface area contributed by atoms with Gasteiger partial charge in [-0.25, -0.2) is 9.97 Å². The fraction of sp³-hybridized carbons (Fsp3) is 0.367. The molecule has 7 nitrogen and oxygen atoms in total. The van der Waals surface area contributed by atoms with E-state index < -0.39 is 0 Å². The Hall–Kier alpha value is -3.42. The van der Waals surface area contributed by atoms with Crippen molar-refractivity contribution in [2.75, 3.05) is 6.79 Å². The Kier molecular flexibility index (Phi) is 9.37. The van der Waals surface area contributed by atoms with Crippen LogP contribution in [0.1, 0.15) is 57.0 Å². The fourth-order valence-electron chi connectivity index (χ4n) is 4.35. The van der Waals surface area contributed by atoms with E-state index in [0.29, 0.717) is 36.2 Å². The van der Waals surface area contributed by atoms with Crippen molar-refractivity contribution in [2.24, 2.45) is 5.92 Å². The Bertz CT molecular complexity index is 1350. The molecule has 0 bridgehead atoms. The maximum absolute atomic E-state index is 13.0. The summed E-state index contributed by atoms with van der Waals surface area (Å²) in [4.78, 5) is 22.3. The van der Waals surface area contributed by atoms with E-state index in [1.165, 1.54) is 5.56 Å². The molecule has 0 aliphatic carbocycles. The van der Waals surface area contributed by atoms with Crippen LogP contribution in [0, 0.1) is 5.92 Å². The van der Waals surface area contributed by atoms with Crippen molar-refractivity contribution in [3.63, 3.8) is 0 Å². The van der Waals surface area contributed by atoms with E-state index in [-0.39, 0.29) is 24.7 Å². The van der Waals surface area contributed by atoms with Gasteiger partial charge in [0, 0.05) is 17.6 Å². The van der Waals surface area contributed by atoms with Crippen LogP contribution in [0.25, 0.3) is 11.2 Å². The van der Waals surface area contributed by atoms with Gasteiger partial charge in [-0.2, -0.15) is 0 Å². The standard InChI is InChI=1S/C30H35ClN4O3/c1-20(2)25(22-9-6-5-7-10-22)16-29(36)33-17-28-34-27-11-8-14-32-30(27)35(28)18-23-12-13-24(15-26(23)31)38-19-37-21(3)4/h5-15,20-21,25H,16-19H2,1-4H3,(H,33,36). The van der Waals surface area contributed by atoms with Gasteiger partial charge in [0.2, 0.25) is 5.91 Å². The molecule has 200 valence electrons. The van der Waals surface area contributed by atoms with Gasteiger partial charge in [-0.05, 0) is 61.1 Å². The van der Waals surface area contributed by atoms with E-state index in [2.05, 4.69) is 36.3 Å². The van der Waals surface area contributed by atoms with Crippen LogP contribution < -0.4 is 10.1 Å². The third-order valence-corrected chi connectivity index (χ3v) is 6.80. The van der Waals surface area contributed by atoms with Crippen LogP contribution in [0.4, 0.5) is 0 Å². The quantitative estimate of drug-likeness (QED) is 0.214. The average Bonchev–Trinajstić information content (AvgIpc) is 3.25. The highest BCUT2D eigenvalue weighted by Crippen LogP contribution is 2.28. The number of pyridine rings is 1. The first-order chi connectivity index (χ1) is 18.3. The Morgan fingerprint density at radius 3 is 2.55 bits per heavy atom. The van der Waals surface area contributed by atoms with Crippen molar-refractivity contribution in [2.45, 2.75) is 59.2 Å². The van der Waals surface area contributed by atoms with Gasteiger partial charge in [0.05, 0.1) is 19.2 Å². The first-order valence-corrected chi connectivity index (χ1v) is 13.3. The molecule has 2 aromatic carbocycles. The molecule has 0 saturated heterocycles. The normalized spacial score (nSPS) is 12.3. The van der Waals surface area contributed by atoms with Crippen LogP contribution in [0.3, 0.4) is 0 Å². The first kappa shape index (κ1) is 27.6. The number of nitrogens with one attached hydrogen (secondary N) is 1. The highest BCUT2D eigenvalue weighted by molar-refractivity contribution is 6.31. The zero-order chi connectivity index (χ0) is 27.1. The lowest BCUT2D eigenvalue weighted by Gasteiger charge is -2.21. The summed E-state index contributed by atoms with van der Waals surface area (Å²) < 4.78 is 13.1. The number of amides is 1. The van der Waals surface area contributed by atoms with Gasteiger partial charge in [0.1, 0.15) is 17.1 Å². The SMILES string of the molecule is CC(C)OCOc1ccc(Cn2c(CNC(=O)CC(c3ccccc3)C(C)C)nc3cccnc32)c(Cl)c1. The van der Waals surface area contributed by atoms with E-state index in [4.69, 9.17) is 26.1 Å². The molecule has 8 heteroatoms. The molecule has 1 atom stereocenters. The Morgan fingerprint density at radius 2 is 1.84 bits per heavy atom. The molecular formula is C30H35ClN4O3. The van der Waals surface area contributed by atoms with Crippen molar-refractivity contribution in [3.8, 4) is 5.75 Å². The smallest absolute Gasteiger partial charge is 0.220 e. The number of rotatable bonds is 12. The highest BCUT2D eigenvalue weighted by atomic mass is 35.5. The summed E-state index contributed by atoms with van der Waals surface area (Å²) in [5, 5.41) is 3.65. The van der Waals surface area contributed by atoms with Gasteiger partial charge in [-0.15, -0.1) is 0 Å². The van der Waals surface area contributed by atoms with Crippen LogP contribution in [0.2, 0.25) is 5.02 Å². The summed E-state index contributed by atoms with van der Waals surface area (Å²) in [5.74, 6) is 1.82. The summed E-state index contributed by atoms with van der Waals surface area (Å²) >= 11 is 6.62. The zero-order valence-electron chi connectivity index (χ0n) is 22.4. The van der Waals surface area contributed by atoms with E-state index in [9.17, 15) is 4.79 Å². The van der Waals surface area contributed by atoms with Crippen molar-refractivity contribution >= 4 is 28.7 Å². The van der Waals surface area contributed by atoms with Gasteiger partial charge in [0.15, 0.2) is 12.4 Å². The second-order valence-electron chi connectivity index (χ2n) is 9.93. The number of benzene rings is 2. The minimum atomic E-state index is -0.0118. The maximum Gasteiger partial charge on any atom is 0.220 e. The van der Waals surface area contributed by atoms with Crippen molar-refractivity contribution in [1.82, 2.24) is 19.9 Å². The molecular weight excluding hydrogens is 500 g/mol. The number of aromatic nitrogens is 3. The van der Waals surface area contributed by atoms with Crippen LogP contribution >= 0.6 is 11.6 Å². The summed E-state index contributed by atoms with van der Waals surface area (Å²) in [6.45, 7) is 9.11. The number of ether oxygens (including phenoxy) is 2. The molecule has 0 saturated carbocycles. The van der Waals surface area contributed by atoms with Crippen molar-refractivity contribution < 1.29 is 14.3 Å². The number of imidazole rings is 1. The minimum absolute atomic E-state index is 0.0118. The number of hydrogen-bond acceptors (Lipinski definition) is 5. The van der Waals surface area contributed by atoms with Crippen molar-refractivity contribution in [3.05, 3.63) is 88.8 Å². The molecule has 0 fully saturated rings. The number of hydrogen-bond donors (Lipinski definition) is 1. The molecule has 2 heterocycles. The van der Waals surface area contributed by atoms with E-state index in [1.807, 2.05) is 60.9 Å². The fourth-order valence-corrected chi connectivity index (χ4v) is 4.58. The lowest BCUT2D eigenvalue weighted by molar-refractivity contribution is -0.121. The zero-order valence-corrected chi connectivity index (χ0v) is 23.1. The van der Waals surface area contributed by atoms with Gasteiger partial charge >= 0.3 is 0 Å². The van der Waals surface area contributed by atoms with Gasteiger partial charge in [-0.3, -0.25) is 4.79 Å². The van der Waals surface area contributed by atoms with Gasteiger partial charge in [0.25, 0.3) is 0 Å². The van der Waals surface area contributed by atoms with E-state index in [0.717, 1.165) is 22.6 Å². The van der Waals surface area contributed by atoms with Gasteiger partial charge < -0.3 is 19.4 Å². The Balaban J connectivity index is 1.48. The summed E-state index contributed by atoms with van der Waals surface area (Å²) in [6.07, 6.45) is 2.23. The second kappa shape index (κ2) is 12.9. The van der Waals surface area contributed by atoms with Crippen LogP contribution in [0.15, 0.2) is 66.9 Å². The third-order valence-electron chi connectivity index (χ3n) is 6.44. The molecule has 1 N–H and O–H groups in total. The predicted octanol–water partition coefficient (Wildman–Crippen LogP) is 6.34.